The van der Waals surface area contributed by atoms with E-state index >= 15 is 0 Å². The second-order valence-electron chi connectivity index (χ2n) is 8.39. The fourth-order valence-electron chi connectivity index (χ4n) is 4.76. The third-order valence-corrected chi connectivity index (χ3v) is 6.38. The number of piperidine rings is 1. The summed E-state index contributed by atoms with van der Waals surface area (Å²) in [4.78, 5) is 2.56. The summed E-state index contributed by atoms with van der Waals surface area (Å²) in [5.74, 6) is 2.66. The molecule has 0 aliphatic carbocycles. The topological polar surface area (TPSA) is 43.0 Å². The summed E-state index contributed by atoms with van der Waals surface area (Å²) in [5.41, 5.74) is 1.21. The van der Waals surface area contributed by atoms with Crippen molar-refractivity contribution in [1.29, 1.82) is 0 Å². The molecular formula is C26H30N2O3. The van der Waals surface area contributed by atoms with E-state index in [2.05, 4.69) is 52.7 Å². The summed E-state index contributed by atoms with van der Waals surface area (Å²) in [5, 5.41) is 5.77. The molecule has 5 nitrogen and oxygen atoms in total. The first-order valence-corrected chi connectivity index (χ1v) is 11.2. The number of rotatable bonds is 6. The minimum absolute atomic E-state index is 0.0112. The third kappa shape index (κ3) is 4.34. The van der Waals surface area contributed by atoms with Gasteiger partial charge in [0.25, 0.3) is 0 Å². The van der Waals surface area contributed by atoms with E-state index in [-0.39, 0.29) is 6.10 Å². The van der Waals surface area contributed by atoms with Crippen molar-refractivity contribution in [2.75, 3.05) is 33.4 Å². The van der Waals surface area contributed by atoms with E-state index in [4.69, 9.17) is 14.2 Å². The summed E-state index contributed by atoms with van der Waals surface area (Å²) in [6.07, 6.45) is 2.27. The van der Waals surface area contributed by atoms with Crippen molar-refractivity contribution in [3.8, 4) is 17.2 Å². The molecule has 0 spiro atoms. The van der Waals surface area contributed by atoms with Crippen molar-refractivity contribution in [3.63, 3.8) is 0 Å². The molecule has 0 saturated carbocycles. The number of para-hydroxylation sites is 1. The van der Waals surface area contributed by atoms with Crippen molar-refractivity contribution < 1.29 is 14.2 Å². The van der Waals surface area contributed by atoms with Crippen LogP contribution in [0, 0.1) is 0 Å². The minimum atomic E-state index is -0.0112. The highest BCUT2D eigenvalue weighted by Gasteiger charge is 2.29. The number of nitrogens with one attached hydrogen (secondary N) is 1. The van der Waals surface area contributed by atoms with Crippen molar-refractivity contribution >= 4 is 10.8 Å². The predicted octanol–water partition coefficient (Wildman–Crippen LogP) is 4.24. The van der Waals surface area contributed by atoms with Crippen molar-refractivity contribution in [1.82, 2.24) is 10.2 Å². The Morgan fingerprint density at radius 3 is 2.68 bits per heavy atom. The molecule has 1 atom stereocenters. The van der Waals surface area contributed by atoms with Crippen LogP contribution in [-0.2, 0) is 6.54 Å². The fraction of sp³-hybridized carbons (Fsp3) is 0.385. The van der Waals surface area contributed by atoms with Gasteiger partial charge in [-0.1, -0.05) is 48.5 Å². The molecule has 1 unspecified atom stereocenters. The van der Waals surface area contributed by atoms with Crippen LogP contribution >= 0.6 is 0 Å². The molecule has 3 aromatic rings. The van der Waals surface area contributed by atoms with E-state index in [1.807, 2.05) is 18.2 Å². The van der Waals surface area contributed by atoms with E-state index in [1.54, 1.807) is 7.11 Å². The zero-order chi connectivity index (χ0) is 21.0. The molecule has 1 N–H and O–H groups in total. The Balaban J connectivity index is 1.38. The van der Waals surface area contributed by atoms with Crippen LogP contribution in [0.1, 0.15) is 18.4 Å². The van der Waals surface area contributed by atoms with Crippen LogP contribution in [0.25, 0.3) is 10.8 Å². The molecule has 5 heteroatoms. The third-order valence-electron chi connectivity index (χ3n) is 6.38. The van der Waals surface area contributed by atoms with Gasteiger partial charge >= 0.3 is 0 Å². The van der Waals surface area contributed by atoms with Gasteiger partial charge in [-0.25, -0.2) is 0 Å². The Labute approximate surface area is 183 Å². The van der Waals surface area contributed by atoms with Gasteiger partial charge in [0.15, 0.2) is 11.5 Å². The van der Waals surface area contributed by atoms with Crippen LogP contribution in [0.5, 0.6) is 17.2 Å². The molecule has 31 heavy (non-hydrogen) atoms. The molecule has 2 aliphatic rings. The Morgan fingerprint density at radius 1 is 1.00 bits per heavy atom. The minimum Gasteiger partial charge on any atom is -0.496 e. The highest BCUT2D eigenvalue weighted by Crippen LogP contribution is 2.39. The number of ether oxygens (including phenoxy) is 3. The second kappa shape index (κ2) is 9.16. The molecule has 3 aromatic carbocycles. The second-order valence-corrected chi connectivity index (χ2v) is 8.39. The van der Waals surface area contributed by atoms with Crippen LogP contribution in [-0.4, -0.2) is 50.4 Å². The first-order chi connectivity index (χ1) is 15.3. The summed E-state index contributed by atoms with van der Waals surface area (Å²) in [7, 11) is 1.74. The maximum atomic E-state index is 6.55. The maximum absolute atomic E-state index is 6.55. The van der Waals surface area contributed by atoms with E-state index < -0.39 is 0 Å². The molecule has 0 aromatic heterocycles. The summed E-state index contributed by atoms with van der Waals surface area (Å²) in [6, 6.07) is 21.3. The number of benzene rings is 3. The maximum Gasteiger partial charge on any atom is 0.169 e. The van der Waals surface area contributed by atoms with E-state index in [9.17, 15) is 0 Å². The average molecular weight is 419 g/mol. The number of hydrogen-bond donors (Lipinski definition) is 1. The SMILES string of the molecule is COc1ccccc1CN(CC1COc2ccc3ccccc3c2O1)C1CCNCC1. The van der Waals surface area contributed by atoms with Gasteiger partial charge in [0.1, 0.15) is 18.5 Å². The number of nitrogens with zero attached hydrogens (tertiary/aromatic N) is 1. The molecule has 2 heterocycles. The van der Waals surface area contributed by atoms with Gasteiger partial charge in [-0.3, -0.25) is 4.90 Å². The Hall–Kier alpha value is -2.76. The first-order valence-electron chi connectivity index (χ1n) is 11.2. The van der Waals surface area contributed by atoms with Crippen LogP contribution in [0.15, 0.2) is 60.7 Å². The van der Waals surface area contributed by atoms with Gasteiger partial charge in [0.2, 0.25) is 0 Å². The molecule has 0 bridgehead atoms. The summed E-state index contributed by atoms with van der Waals surface area (Å²) in [6.45, 7) is 4.35. The van der Waals surface area contributed by atoms with Crippen LogP contribution < -0.4 is 19.5 Å². The number of fused-ring (bicyclic) bond motifs is 3. The molecule has 1 fully saturated rings. The lowest BCUT2D eigenvalue weighted by molar-refractivity contribution is 0.0368. The van der Waals surface area contributed by atoms with Gasteiger partial charge < -0.3 is 19.5 Å². The Kier molecular flexibility index (Phi) is 5.96. The Morgan fingerprint density at radius 2 is 1.81 bits per heavy atom. The van der Waals surface area contributed by atoms with Gasteiger partial charge in [-0.15, -0.1) is 0 Å². The highest BCUT2D eigenvalue weighted by atomic mass is 16.6. The standard InChI is InChI=1S/C26H30N2O3/c1-29-24-9-5-3-7-20(24)16-28(21-12-14-27-15-13-21)17-22-18-30-25-11-10-19-6-2-4-8-23(19)26(25)31-22/h2-11,21-22,27H,12-18H2,1H3. The summed E-state index contributed by atoms with van der Waals surface area (Å²) >= 11 is 0. The first kappa shape index (κ1) is 20.2. The summed E-state index contributed by atoms with van der Waals surface area (Å²) < 4.78 is 18.3. The highest BCUT2D eigenvalue weighted by molar-refractivity contribution is 5.90. The van der Waals surface area contributed by atoms with Crippen LogP contribution in [0.2, 0.25) is 0 Å². The average Bonchev–Trinajstić information content (AvgIpc) is 2.84. The van der Waals surface area contributed by atoms with E-state index in [0.717, 1.165) is 61.7 Å². The fourth-order valence-corrected chi connectivity index (χ4v) is 4.76. The van der Waals surface area contributed by atoms with Crippen LogP contribution in [0.4, 0.5) is 0 Å². The molecular weight excluding hydrogens is 388 g/mol. The Bertz CT molecular complexity index is 1030. The van der Waals surface area contributed by atoms with Crippen molar-refractivity contribution in [3.05, 3.63) is 66.2 Å². The molecule has 2 aliphatic heterocycles. The normalized spacial score (nSPS) is 19.0. The van der Waals surface area contributed by atoms with Gasteiger partial charge in [-0.2, -0.15) is 0 Å². The molecule has 162 valence electrons. The molecule has 0 amide bonds. The molecule has 1 saturated heterocycles. The van der Waals surface area contributed by atoms with Gasteiger partial charge in [0, 0.05) is 30.1 Å². The zero-order valence-electron chi connectivity index (χ0n) is 18.0. The molecule has 0 radical (unpaired) electrons. The van der Waals surface area contributed by atoms with Gasteiger partial charge in [0.05, 0.1) is 7.11 Å². The number of hydrogen-bond acceptors (Lipinski definition) is 5. The van der Waals surface area contributed by atoms with E-state index in [0.29, 0.717) is 12.6 Å². The quantitative estimate of drug-likeness (QED) is 0.649. The largest absolute Gasteiger partial charge is 0.496 e. The van der Waals surface area contributed by atoms with Crippen molar-refractivity contribution in [2.45, 2.75) is 31.5 Å². The smallest absolute Gasteiger partial charge is 0.169 e. The lowest BCUT2D eigenvalue weighted by Crippen LogP contribution is -2.48. The zero-order valence-corrected chi connectivity index (χ0v) is 18.0. The predicted molar refractivity (Wildman–Crippen MR) is 123 cm³/mol. The van der Waals surface area contributed by atoms with E-state index in [1.165, 1.54) is 10.9 Å². The monoisotopic (exact) mass is 418 g/mol. The van der Waals surface area contributed by atoms with Crippen molar-refractivity contribution in [2.24, 2.45) is 0 Å². The van der Waals surface area contributed by atoms with Crippen LogP contribution in [0.3, 0.4) is 0 Å². The lowest BCUT2D eigenvalue weighted by Gasteiger charge is -2.38. The lowest BCUT2D eigenvalue weighted by atomic mass is 10.0. The number of methoxy groups -OCH3 is 1. The van der Waals surface area contributed by atoms with Gasteiger partial charge in [-0.05, 0) is 43.5 Å². The molecule has 5 rings (SSSR count).